The van der Waals surface area contributed by atoms with Crippen molar-refractivity contribution in [2.75, 3.05) is 11.4 Å². The van der Waals surface area contributed by atoms with Crippen LogP contribution >= 0.6 is 0 Å². The lowest BCUT2D eigenvalue weighted by atomic mass is 10.1. The molecule has 24 heavy (non-hydrogen) atoms. The third-order valence-electron chi connectivity index (χ3n) is 4.29. The highest BCUT2D eigenvalue weighted by Crippen LogP contribution is 2.34. The zero-order valence-corrected chi connectivity index (χ0v) is 13.1. The Balaban J connectivity index is 1.55. The van der Waals surface area contributed by atoms with Crippen LogP contribution in [0.5, 0.6) is 0 Å². The van der Waals surface area contributed by atoms with E-state index in [4.69, 9.17) is 4.42 Å². The van der Waals surface area contributed by atoms with E-state index in [0.29, 0.717) is 23.6 Å². The summed E-state index contributed by atoms with van der Waals surface area (Å²) in [6, 6.07) is 8.68. The predicted octanol–water partition coefficient (Wildman–Crippen LogP) is 3.54. The maximum atomic E-state index is 13.8. The lowest BCUT2D eigenvalue weighted by Crippen LogP contribution is -2.23. The average molecular weight is 324 g/mol. The molecule has 0 amide bonds. The summed E-state index contributed by atoms with van der Waals surface area (Å²) < 4.78 is 19.7. The van der Waals surface area contributed by atoms with E-state index in [1.807, 2.05) is 12.1 Å². The minimum Gasteiger partial charge on any atom is -0.443 e. The van der Waals surface area contributed by atoms with Gasteiger partial charge in [-0.3, -0.25) is 0 Å². The molecule has 1 saturated heterocycles. The summed E-state index contributed by atoms with van der Waals surface area (Å²) in [6.07, 6.45) is 7.39. The van der Waals surface area contributed by atoms with Crippen LogP contribution in [0.15, 0.2) is 53.5 Å². The molecule has 1 atom stereocenters. The van der Waals surface area contributed by atoms with E-state index in [9.17, 15) is 4.39 Å². The molecule has 0 bridgehead atoms. The molecule has 0 aliphatic carbocycles. The van der Waals surface area contributed by atoms with E-state index in [1.54, 1.807) is 30.9 Å². The van der Waals surface area contributed by atoms with Gasteiger partial charge in [-0.1, -0.05) is 18.2 Å². The Morgan fingerprint density at radius 2 is 2.12 bits per heavy atom. The fraction of sp³-hybridized carbons (Fsp3) is 0.278. The molecule has 0 radical (unpaired) electrons. The standard InChI is InChI=1S/C18H17FN4O/c19-15-5-2-1-4-13(15)10-14-11-21-18(24-14)16-6-3-9-23(16)17-7-8-20-12-22-17/h1-2,4-5,7-8,11-12,16H,3,6,9-10H2/t16-/m1/s1. The number of halogens is 1. The second-order valence-corrected chi connectivity index (χ2v) is 5.85. The highest BCUT2D eigenvalue weighted by molar-refractivity contribution is 5.40. The highest BCUT2D eigenvalue weighted by Gasteiger charge is 2.30. The van der Waals surface area contributed by atoms with Crippen molar-refractivity contribution in [1.82, 2.24) is 15.0 Å². The van der Waals surface area contributed by atoms with Gasteiger partial charge >= 0.3 is 0 Å². The monoisotopic (exact) mass is 324 g/mol. The summed E-state index contributed by atoms with van der Waals surface area (Å²) in [6.45, 7) is 0.909. The first-order valence-electron chi connectivity index (χ1n) is 8.02. The summed E-state index contributed by atoms with van der Waals surface area (Å²) in [5.74, 6) is 1.99. The molecule has 5 nitrogen and oxygen atoms in total. The summed E-state index contributed by atoms with van der Waals surface area (Å²) in [7, 11) is 0. The van der Waals surface area contributed by atoms with Gasteiger partial charge in [0.1, 0.15) is 29.8 Å². The van der Waals surface area contributed by atoms with Crippen LogP contribution in [-0.2, 0) is 6.42 Å². The number of hydrogen-bond donors (Lipinski definition) is 0. The Kier molecular flexibility index (Phi) is 3.94. The number of hydrogen-bond acceptors (Lipinski definition) is 5. The quantitative estimate of drug-likeness (QED) is 0.735. The molecule has 122 valence electrons. The number of nitrogens with zero attached hydrogens (tertiary/aromatic N) is 4. The first kappa shape index (κ1) is 14.8. The smallest absolute Gasteiger partial charge is 0.217 e. The van der Waals surface area contributed by atoms with E-state index < -0.39 is 0 Å². The van der Waals surface area contributed by atoms with Crippen molar-refractivity contribution in [2.24, 2.45) is 0 Å². The van der Waals surface area contributed by atoms with Crippen LogP contribution in [0, 0.1) is 5.82 Å². The van der Waals surface area contributed by atoms with Gasteiger partial charge in [0.2, 0.25) is 5.89 Å². The van der Waals surface area contributed by atoms with Gasteiger partial charge in [0, 0.05) is 19.2 Å². The Bertz CT molecular complexity index is 821. The van der Waals surface area contributed by atoms with Crippen molar-refractivity contribution in [2.45, 2.75) is 25.3 Å². The largest absolute Gasteiger partial charge is 0.443 e. The molecule has 0 N–H and O–H groups in total. The van der Waals surface area contributed by atoms with Crippen LogP contribution in [0.1, 0.15) is 36.1 Å². The van der Waals surface area contributed by atoms with Crippen LogP contribution in [0.4, 0.5) is 10.2 Å². The Morgan fingerprint density at radius 1 is 1.21 bits per heavy atom. The van der Waals surface area contributed by atoms with Crippen molar-refractivity contribution in [1.29, 1.82) is 0 Å². The Hall–Kier alpha value is -2.76. The molecule has 4 rings (SSSR count). The molecule has 1 aliphatic rings. The zero-order chi connectivity index (χ0) is 16.4. The highest BCUT2D eigenvalue weighted by atomic mass is 19.1. The van der Waals surface area contributed by atoms with Gasteiger partial charge in [0.25, 0.3) is 0 Å². The van der Waals surface area contributed by atoms with E-state index in [0.717, 1.165) is 25.2 Å². The van der Waals surface area contributed by atoms with Gasteiger partial charge in [0.05, 0.1) is 6.20 Å². The molecule has 6 heteroatoms. The summed E-state index contributed by atoms with van der Waals surface area (Å²) in [5, 5.41) is 0. The lowest BCUT2D eigenvalue weighted by molar-refractivity contribution is 0.423. The third kappa shape index (κ3) is 2.87. The first-order valence-corrected chi connectivity index (χ1v) is 8.02. The Labute approximate surface area is 139 Å². The van der Waals surface area contributed by atoms with Crippen LogP contribution in [0.2, 0.25) is 0 Å². The van der Waals surface area contributed by atoms with Gasteiger partial charge < -0.3 is 9.32 Å². The molecular formula is C18H17FN4O. The maximum absolute atomic E-state index is 13.8. The predicted molar refractivity (Wildman–Crippen MR) is 87.1 cm³/mol. The summed E-state index contributed by atoms with van der Waals surface area (Å²) in [4.78, 5) is 14.9. The first-order chi connectivity index (χ1) is 11.8. The molecule has 0 spiro atoms. The molecule has 1 fully saturated rings. The SMILES string of the molecule is Fc1ccccc1Cc1cnc([C@H]2CCCN2c2ccncn2)o1. The van der Waals surface area contributed by atoms with Crippen LogP contribution in [0.25, 0.3) is 0 Å². The van der Waals surface area contributed by atoms with Crippen LogP contribution < -0.4 is 4.90 Å². The van der Waals surface area contributed by atoms with Crippen LogP contribution in [0.3, 0.4) is 0 Å². The molecule has 3 heterocycles. The number of aromatic nitrogens is 3. The van der Waals surface area contributed by atoms with Crippen molar-refractivity contribution >= 4 is 5.82 Å². The molecule has 1 aromatic carbocycles. The Morgan fingerprint density at radius 3 is 2.96 bits per heavy atom. The second kappa shape index (κ2) is 6.39. The summed E-state index contributed by atoms with van der Waals surface area (Å²) >= 11 is 0. The van der Waals surface area contributed by atoms with E-state index in [2.05, 4.69) is 19.9 Å². The lowest BCUT2D eigenvalue weighted by Gasteiger charge is -2.22. The summed E-state index contributed by atoms with van der Waals surface area (Å²) in [5.41, 5.74) is 0.610. The van der Waals surface area contributed by atoms with Gasteiger partial charge in [-0.25, -0.2) is 19.3 Å². The van der Waals surface area contributed by atoms with Crippen molar-refractivity contribution in [3.8, 4) is 0 Å². The molecule has 3 aromatic rings. The maximum Gasteiger partial charge on any atom is 0.217 e. The normalized spacial score (nSPS) is 17.4. The minimum atomic E-state index is -0.223. The molecule has 1 aliphatic heterocycles. The molecular weight excluding hydrogens is 307 g/mol. The number of benzene rings is 1. The van der Waals surface area contributed by atoms with E-state index in [1.165, 1.54) is 6.07 Å². The third-order valence-corrected chi connectivity index (χ3v) is 4.29. The second-order valence-electron chi connectivity index (χ2n) is 5.85. The van der Waals surface area contributed by atoms with E-state index >= 15 is 0 Å². The number of rotatable bonds is 4. The minimum absolute atomic E-state index is 0.0641. The van der Waals surface area contributed by atoms with Crippen molar-refractivity contribution < 1.29 is 8.81 Å². The number of anilines is 1. The van der Waals surface area contributed by atoms with Crippen molar-refractivity contribution in [3.63, 3.8) is 0 Å². The van der Waals surface area contributed by atoms with Gasteiger partial charge in [-0.2, -0.15) is 0 Å². The van der Waals surface area contributed by atoms with Crippen LogP contribution in [-0.4, -0.2) is 21.5 Å². The molecule has 0 saturated carbocycles. The number of oxazole rings is 1. The van der Waals surface area contributed by atoms with Gasteiger partial charge in [-0.05, 0) is 30.5 Å². The van der Waals surface area contributed by atoms with Gasteiger partial charge in [0.15, 0.2) is 0 Å². The average Bonchev–Trinajstić information content (AvgIpc) is 3.27. The zero-order valence-electron chi connectivity index (χ0n) is 13.1. The molecule has 2 aromatic heterocycles. The topological polar surface area (TPSA) is 55.1 Å². The van der Waals surface area contributed by atoms with E-state index in [-0.39, 0.29) is 11.9 Å². The van der Waals surface area contributed by atoms with Crippen molar-refractivity contribution in [3.05, 3.63) is 72.1 Å². The fourth-order valence-corrected chi connectivity index (χ4v) is 3.14. The molecule has 0 unspecified atom stereocenters. The fourth-order valence-electron chi connectivity index (χ4n) is 3.14. The van der Waals surface area contributed by atoms with Gasteiger partial charge in [-0.15, -0.1) is 0 Å².